The van der Waals surface area contributed by atoms with E-state index in [2.05, 4.69) is 17.6 Å². The van der Waals surface area contributed by atoms with E-state index in [0.717, 1.165) is 16.9 Å². The Kier molecular flexibility index (Phi) is 8.97. The summed E-state index contributed by atoms with van der Waals surface area (Å²) in [6.45, 7) is 8.11. The first kappa shape index (κ1) is 23.8. The Morgan fingerprint density at radius 1 is 1.39 bits per heavy atom. The lowest BCUT2D eigenvalue weighted by atomic mass is 9.97. The van der Waals surface area contributed by atoms with Crippen LogP contribution in [0.15, 0.2) is 49.3 Å². The smallest absolute Gasteiger partial charge is 0.417 e. The molecule has 2 amide bonds. The van der Waals surface area contributed by atoms with Gasteiger partial charge in [0.2, 0.25) is 5.91 Å². The van der Waals surface area contributed by atoms with E-state index in [-0.39, 0.29) is 25.5 Å². The van der Waals surface area contributed by atoms with E-state index in [4.69, 9.17) is 15.7 Å². The van der Waals surface area contributed by atoms with Crippen LogP contribution < -0.4 is 5.73 Å². The van der Waals surface area contributed by atoms with Crippen LogP contribution in [0.2, 0.25) is 0 Å². The molecular formula is C23H29N5O3. The van der Waals surface area contributed by atoms with E-state index in [9.17, 15) is 9.59 Å². The number of imide groups is 1. The van der Waals surface area contributed by atoms with Crippen molar-refractivity contribution in [3.63, 3.8) is 0 Å². The van der Waals surface area contributed by atoms with Crippen LogP contribution >= 0.6 is 0 Å². The van der Waals surface area contributed by atoms with Crippen molar-refractivity contribution in [1.29, 1.82) is 5.26 Å². The molecule has 2 rings (SSSR count). The zero-order valence-electron chi connectivity index (χ0n) is 18.0. The minimum Gasteiger partial charge on any atom is -0.445 e. The molecule has 2 atom stereocenters. The number of ether oxygens (including phenoxy) is 1. The summed E-state index contributed by atoms with van der Waals surface area (Å²) in [5.41, 5.74) is 7.46. The van der Waals surface area contributed by atoms with Crippen molar-refractivity contribution in [3.05, 3.63) is 66.3 Å². The second kappa shape index (κ2) is 11.7. The van der Waals surface area contributed by atoms with Crippen molar-refractivity contribution < 1.29 is 14.3 Å². The van der Waals surface area contributed by atoms with Gasteiger partial charge >= 0.3 is 6.09 Å². The zero-order valence-corrected chi connectivity index (χ0v) is 18.0. The molecule has 0 fully saturated rings. The van der Waals surface area contributed by atoms with Crippen LogP contribution in [0.5, 0.6) is 0 Å². The molecule has 0 saturated carbocycles. The van der Waals surface area contributed by atoms with Gasteiger partial charge in [-0.1, -0.05) is 45.1 Å². The molecule has 0 unspecified atom stereocenters. The monoisotopic (exact) mass is 423 g/mol. The average molecular weight is 424 g/mol. The summed E-state index contributed by atoms with van der Waals surface area (Å²) in [5.74, 6) is 0.122. The Hall–Kier alpha value is -3.44. The number of nitrogens with two attached hydrogens (primary N) is 1. The predicted molar refractivity (Wildman–Crippen MR) is 117 cm³/mol. The summed E-state index contributed by atoms with van der Waals surface area (Å²) < 4.78 is 7.00. The van der Waals surface area contributed by atoms with E-state index in [1.807, 2.05) is 30.5 Å². The molecule has 0 spiro atoms. The second-order valence-corrected chi connectivity index (χ2v) is 7.27. The van der Waals surface area contributed by atoms with Crippen LogP contribution in [0.3, 0.4) is 0 Å². The molecule has 2 aromatic rings. The number of rotatable bonds is 10. The van der Waals surface area contributed by atoms with Gasteiger partial charge in [-0.2, -0.15) is 5.26 Å². The fourth-order valence-electron chi connectivity index (χ4n) is 3.24. The molecule has 31 heavy (non-hydrogen) atoms. The Morgan fingerprint density at radius 2 is 2.10 bits per heavy atom. The van der Waals surface area contributed by atoms with Crippen LogP contribution in [0.1, 0.15) is 37.2 Å². The number of nitriles is 1. The fourth-order valence-corrected chi connectivity index (χ4v) is 3.24. The highest BCUT2D eigenvalue weighted by atomic mass is 16.6. The number of nitrogens with zero attached hydrogens (tertiary/aromatic N) is 4. The summed E-state index contributed by atoms with van der Waals surface area (Å²) in [5, 5.41) is 8.94. The Morgan fingerprint density at radius 3 is 2.68 bits per heavy atom. The molecule has 2 N–H and O–H groups in total. The van der Waals surface area contributed by atoms with E-state index in [0.29, 0.717) is 17.9 Å². The molecule has 0 aliphatic heterocycles. The third-order valence-electron chi connectivity index (χ3n) is 5.21. The van der Waals surface area contributed by atoms with Crippen molar-refractivity contribution in [1.82, 2.24) is 14.5 Å². The molecule has 0 aliphatic rings. The maximum atomic E-state index is 13.2. The van der Waals surface area contributed by atoms with E-state index in [1.54, 1.807) is 24.5 Å². The van der Waals surface area contributed by atoms with Crippen molar-refractivity contribution in [3.8, 4) is 6.07 Å². The Balaban J connectivity index is 2.22. The summed E-state index contributed by atoms with van der Waals surface area (Å²) in [6.07, 6.45) is 4.79. The average Bonchev–Trinajstić information content (AvgIpc) is 3.21. The first-order valence-electron chi connectivity index (χ1n) is 10.2. The molecule has 0 bridgehead atoms. The van der Waals surface area contributed by atoms with Crippen LogP contribution in [0, 0.1) is 17.2 Å². The van der Waals surface area contributed by atoms with Gasteiger partial charge in [0.1, 0.15) is 12.4 Å². The van der Waals surface area contributed by atoms with Crippen molar-refractivity contribution >= 4 is 12.0 Å². The zero-order chi connectivity index (χ0) is 22.8. The van der Waals surface area contributed by atoms with Gasteiger partial charge in [0.05, 0.1) is 24.1 Å². The van der Waals surface area contributed by atoms with Gasteiger partial charge in [0, 0.05) is 25.5 Å². The van der Waals surface area contributed by atoms with Crippen LogP contribution in [-0.2, 0) is 22.5 Å². The summed E-state index contributed by atoms with van der Waals surface area (Å²) >= 11 is 0. The van der Waals surface area contributed by atoms with E-state index < -0.39 is 18.0 Å². The maximum Gasteiger partial charge on any atom is 0.417 e. The van der Waals surface area contributed by atoms with Crippen LogP contribution in [0.25, 0.3) is 0 Å². The highest BCUT2D eigenvalue weighted by molar-refractivity contribution is 5.93. The molecule has 164 valence electrons. The van der Waals surface area contributed by atoms with Crippen molar-refractivity contribution in [2.75, 3.05) is 13.2 Å². The van der Waals surface area contributed by atoms with Gasteiger partial charge in [-0.15, -0.1) is 0 Å². The molecule has 8 nitrogen and oxygen atoms in total. The van der Waals surface area contributed by atoms with E-state index >= 15 is 0 Å². The number of imidazole rings is 1. The SMILES string of the molecule is C=CCOC(=O)N(C(=O)Cc1nccn1Cc1ccc(C#N)cc1)[C@H](CN)[C@@H](C)CC. The summed E-state index contributed by atoms with van der Waals surface area (Å²) in [4.78, 5) is 31.3. The molecular weight excluding hydrogens is 394 g/mol. The van der Waals surface area contributed by atoms with Crippen molar-refractivity contribution in [2.24, 2.45) is 11.7 Å². The van der Waals surface area contributed by atoms with Gasteiger partial charge in [0.25, 0.3) is 0 Å². The van der Waals surface area contributed by atoms with Gasteiger partial charge in [-0.25, -0.2) is 14.7 Å². The highest BCUT2D eigenvalue weighted by Crippen LogP contribution is 2.17. The first-order chi connectivity index (χ1) is 14.9. The number of benzene rings is 1. The minimum atomic E-state index is -0.731. The first-order valence-corrected chi connectivity index (χ1v) is 10.2. The molecule has 1 aromatic carbocycles. The highest BCUT2D eigenvalue weighted by Gasteiger charge is 2.33. The number of carbonyl (C=O) groups is 2. The number of carbonyl (C=O) groups excluding carboxylic acids is 2. The van der Waals surface area contributed by atoms with Gasteiger partial charge in [0.15, 0.2) is 0 Å². The fraction of sp³-hybridized carbons (Fsp3) is 0.391. The summed E-state index contributed by atoms with van der Waals surface area (Å²) in [6, 6.07) is 8.81. The largest absolute Gasteiger partial charge is 0.445 e. The molecule has 0 saturated heterocycles. The van der Waals surface area contributed by atoms with Crippen LogP contribution in [-0.4, -0.2) is 45.6 Å². The number of amides is 2. The van der Waals surface area contributed by atoms with Gasteiger partial charge in [-0.05, 0) is 23.6 Å². The number of aromatic nitrogens is 2. The quantitative estimate of drug-likeness (QED) is 0.588. The lowest BCUT2D eigenvalue weighted by Crippen LogP contribution is -2.52. The minimum absolute atomic E-state index is 0.00767. The van der Waals surface area contributed by atoms with E-state index in [1.165, 1.54) is 6.08 Å². The standard InChI is InChI=1S/C23H29N5O3/c1-4-12-31-23(30)28(20(15-25)17(3)5-2)22(29)13-21-26-10-11-27(21)16-19-8-6-18(14-24)7-9-19/h4,6-11,17,20H,1,5,12-13,15-16,25H2,2-3H3/t17-,20+/m0/s1. The molecule has 8 heteroatoms. The molecule has 1 heterocycles. The summed E-state index contributed by atoms with van der Waals surface area (Å²) in [7, 11) is 0. The normalized spacial score (nSPS) is 12.5. The van der Waals surface area contributed by atoms with Crippen molar-refractivity contribution in [2.45, 2.75) is 39.3 Å². The Labute approximate surface area is 182 Å². The third-order valence-corrected chi connectivity index (χ3v) is 5.21. The van der Waals surface area contributed by atoms with Gasteiger partial charge < -0.3 is 15.0 Å². The lowest BCUT2D eigenvalue weighted by molar-refractivity contribution is -0.131. The molecule has 0 aliphatic carbocycles. The van der Waals surface area contributed by atoms with Gasteiger partial charge in [-0.3, -0.25) is 4.79 Å². The maximum absolute atomic E-state index is 13.2. The Bertz CT molecular complexity index is 929. The number of hydrogen-bond donors (Lipinski definition) is 1. The predicted octanol–water partition coefficient (Wildman–Crippen LogP) is 2.87. The van der Waals surface area contributed by atoms with Crippen LogP contribution in [0.4, 0.5) is 4.79 Å². The third kappa shape index (κ3) is 6.27. The molecule has 0 radical (unpaired) electrons. The second-order valence-electron chi connectivity index (χ2n) is 7.27. The lowest BCUT2D eigenvalue weighted by Gasteiger charge is -2.32. The number of hydrogen-bond acceptors (Lipinski definition) is 6. The molecule has 1 aromatic heterocycles. The topological polar surface area (TPSA) is 114 Å².